The molecule has 2 heteroatoms. The number of ether oxygens (including phenoxy) is 1. The first-order chi connectivity index (χ1) is 6.92. The Morgan fingerprint density at radius 2 is 1.50 bits per heavy atom. The Bertz CT molecular complexity index is 228. The van der Waals surface area contributed by atoms with E-state index in [9.17, 15) is 4.79 Å². The van der Waals surface area contributed by atoms with Crippen LogP contribution in [0.1, 0.15) is 61.8 Å². The number of rotatable bonds is 3. The predicted octanol–water partition coefficient (Wildman–Crippen LogP) is 4.04. The summed E-state index contributed by atoms with van der Waals surface area (Å²) in [4.78, 5) is 12.1. The van der Waals surface area contributed by atoms with Gasteiger partial charge in [-0.05, 0) is 38.5 Å². The SMILES string of the molecule is CC(C)C(CC(C)(C)C)C(=O)OC(C)(C)C. The first-order valence-corrected chi connectivity index (χ1v) is 6.15. The summed E-state index contributed by atoms with van der Waals surface area (Å²) in [6.45, 7) is 16.4. The molecule has 0 aromatic carbocycles. The molecule has 0 amide bonds. The number of carbonyl (C=O) groups is 1. The highest BCUT2D eigenvalue weighted by molar-refractivity contribution is 5.73. The van der Waals surface area contributed by atoms with Crippen molar-refractivity contribution < 1.29 is 9.53 Å². The van der Waals surface area contributed by atoms with Gasteiger partial charge in [0.05, 0.1) is 5.92 Å². The van der Waals surface area contributed by atoms with Gasteiger partial charge in [0, 0.05) is 0 Å². The fourth-order valence-corrected chi connectivity index (χ4v) is 1.63. The average Bonchev–Trinajstić information content (AvgIpc) is 1.94. The Morgan fingerprint density at radius 1 is 1.06 bits per heavy atom. The molecule has 96 valence electrons. The van der Waals surface area contributed by atoms with Gasteiger partial charge < -0.3 is 4.74 Å². The average molecular weight is 228 g/mol. The van der Waals surface area contributed by atoms with Gasteiger partial charge in [0.15, 0.2) is 0 Å². The van der Waals surface area contributed by atoms with E-state index in [1.165, 1.54) is 0 Å². The lowest BCUT2D eigenvalue weighted by Gasteiger charge is -2.30. The second kappa shape index (κ2) is 5.20. The van der Waals surface area contributed by atoms with Crippen LogP contribution in [0.3, 0.4) is 0 Å². The van der Waals surface area contributed by atoms with Crippen LogP contribution in [0.2, 0.25) is 0 Å². The van der Waals surface area contributed by atoms with Crippen molar-refractivity contribution in [2.75, 3.05) is 0 Å². The van der Waals surface area contributed by atoms with E-state index in [4.69, 9.17) is 4.74 Å². The molecule has 0 aromatic heterocycles. The van der Waals surface area contributed by atoms with Crippen LogP contribution in [-0.2, 0) is 9.53 Å². The van der Waals surface area contributed by atoms with Crippen molar-refractivity contribution >= 4 is 5.97 Å². The van der Waals surface area contributed by atoms with Gasteiger partial charge in [-0.1, -0.05) is 34.6 Å². The Morgan fingerprint density at radius 3 is 1.75 bits per heavy atom. The third kappa shape index (κ3) is 6.86. The van der Waals surface area contributed by atoms with Crippen molar-refractivity contribution in [1.82, 2.24) is 0 Å². The molecule has 0 bridgehead atoms. The van der Waals surface area contributed by atoms with Gasteiger partial charge in [-0.2, -0.15) is 0 Å². The molecular formula is C14H28O2. The smallest absolute Gasteiger partial charge is 0.309 e. The van der Waals surface area contributed by atoms with E-state index in [1.807, 2.05) is 20.8 Å². The molecule has 0 aliphatic carbocycles. The summed E-state index contributed by atoms with van der Waals surface area (Å²) >= 11 is 0. The Kier molecular flexibility index (Phi) is 5.03. The molecular weight excluding hydrogens is 200 g/mol. The Balaban J connectivity index is 4.62. The fraction of sp³-hybridized carbons (Fsp3) is 0.929. The van der Waals surface area contributed by atoms with Crippen LogP contribution in [0.25, 0.3) is 0 Å². The van der Waals surface area contributed by atoms with Crippen LogP contribution >= 0.6 is 0 Å². The lowest BCUT2D eigenvalue weighted by molar-refractivity contribution is -0.162. The maximum absolute atomic E-state index is 12.1. The predicted molar refractivity (Wildman–Crippen MR) is 68.2 cm³/mol. The van der Waals surface area contributed by atoms with E-state index < -0.39 is 0 Å². The van der Waals surface area contributed by atoms with E-state index in [1.54, 1.807) is 0 Å². The van der Waals surface area contributed by atoms with E-state index in [0.29, 0.717) is 5.92 Å². The quantitative estimate of drug-likeness (QED) is 0.681. The maximum atomic E-state index is 12.1. The second-order valence-corrected chi connectivity index (χ2v) is 7.15. The van der Waals surface area contributed by atoms with Crippen LogP contribution in [0.5, 0.6) is 0 Å². The fourth-order valence-electron chi connectivity index (χ4n) is 1.63. The lowest BCUT2D eigenvalue weighted by Crippen LogP contribution is -2.33. The zero-order valence-electron chi connectivity index (χ0n) is 12.2. The van der Waals surface area contributed by atoms with Gasteiger partial charge in [0.1, 0.15) is 5.60 Å². The molecule has 1 atom stereocenters. The third-order valence-electron chi connectivity index (χ3n) is 2.35. The van der Waals surface area contributed by atoms with Crippen molar-refractivity contribution in [2.24, 2.45) is 17.3 Å². The number of esters is 1. The van der Waals surface area contributed by atoms with E-state index in [-0.39, 0.29) is 22.9 Å². The second-order valence-electron chi connectivity index (χ2n) is 7.15. The van der Waals surface area contributed by atoms with Gasteiger partial charge in [0.25, 0.3) is 0 Å². The molecule has 0 spiro atoms. The molecule has 0 radical (unpaired) electrons. The van der Waals surface area contributed by atoms with Gasteiger partial charge in [0.2, 0.25) is 0 Å². The van der Waals surface area contributed by atoms with E-state index >= 15 is 0 Å². The largest absolute Gasteiger partial charge is 0.460 e. The number of hydrogen-bond donors (Lipinski definition) is 0. The Hall–Kier alpha value is -0.530. The molecule has 0 heterocycles. The highest BCUT2D eigenvalue weighted by atomic mass is 16.6. The topological polar surface area (TPSA) is 26.3 Å². The molecule has 0 fully saturated rings. The van der Waals surface area contributed by atoms with Crippen molar-refractivity contribution in [3.8, 4) is 0 Å². The molecule has 0 N–H and O–H groups in total. The minimum absolute atomic E-state index is 0.000718. The summed E-state index contributed by atoms with van der Waals surface area (Å²) < 4.78 is 5.47. The van der Waals surface area contributed by atoms with E-state index in [0.717, 1.165) is 6.42 Å². The van der Waals surface area contributed by atoms with Gasteiger partial charge in [-0.25, -0.2) is 0 Å². The molecule has 2 nitrogen and oxygen atoms in total. The maximum Gasteiger partial charge on any atom is 0.309 e. The van der Waals surface area contributed by atoms with E-state index in [2.05, 4.69) is 34.6 Å². The number of hydrogen-bond acceptors (Lipinski definition) is 2. The summed E-state index contributed by atoms with van der Waals surface area (Å²) in [6.07, 6.45) is 0.875. The summed E-state index contributed by atoms with van der Waals surface area (Å²) in [5.41, 5.74) is -0.228. The van der Waals surface area contributed by atoms with Gasteiger partial charge in [-0.3, -0.25) is 4.79 Å². The molecule has 0 aliphatic rings. The van der Waals surface area contributed by atoms with Crippen molar-refractivity contribution in [1.29, 1.82) is 0 Å². The van der Waals surface area contributed by atoms with Crippen LogP contribution in [0, 0.1) is 17.3 Å². The first kappa shape index (κ1) is 15.5. The van der Waals surface area contributed by atoms with Crippen LogP contribution < -0.4 is 0 Å². The first-order valence-electron chi connectivity index (χ1n) is 6.15. The molecule has 0 saturated heterocycles. The zero-order valence-corrected chi connectivity index (χ0v) is 12.2. The van der Waals surface area contributed by atoms with Crippen molar-refractivity contribution in [3.63, 3.8) is 0 Å². The van der Waals surface area contributed by atoms with Crippen molar-refractivity contribution in [2.45, 2.75) is 67.4 Å². The summed E-state index contributed by atoms with van der Waals surface area (Å²) in [6, 6.07) is 0. The highest BCUT2D eigenvalue weighted by Gasteiger charge is 2.31. The molecule has 1 unspecified atom stereocenters. The molecule has 16 heavy (non-hydrogen) atoms. The minimum Gasteiger partial charge on any atom is -0.460 e. The normalized spacial score (nSPS) is 15.1. The van der Waals surface area contributed by atoms with Crippen LogP contribution in [-0.4, -0.2) is 11.6 Å². The van der Waals surface area contributed by atoms with Crippen LogP contribution in [0.4, 0.5) is 0 Å². The molecule has 0 aliphatic heterocycles. The van der Waals surface area contributed by atoms with Gasteiger partial charge in [-0.15, -0.1) is 0 Å². The number of carbonyl (C=O) groups excluding carboxylic acids is 1. The molecule has 0 saturated carbocycles. The highest BCUT2D eigenvalue weighted by Crippen LogP contribution is 2.30. The summed E-state index contributed by atoms with van der Waals surface area (Å²) in [5, 5.41) is 0. The molecule has 0 rings (SSSR count). The summed E-state index contributed by atoms with van der Waals surface area (Å²) in [5.74, 6) is 0.269. The van der Waals surface area contributed by atoms with Gasteiger partial charge >= 0.3 is 5.97 Å². The summed E-state index contributed by atoms with van der Waals surface area (Å²) in [7, 11) is 0. The third-order valence-corrected chi connectivity index (χ3v) is 2.35. The van der Waals surface area contributed by atoms with Crippen LogP contribution in [0.15, 0.2) is 0 Å². The Labute approximate surface area is 101 Å². The zero-order chi connectivity index (χ0) is 13.1. The standard InChI is InChI=1S/C14H28O2/c1-10(2)11(9-13(3,4)5)12(15)16-14(6,7)8/h10-11H,9H2,1-8H3. The minimum atomic E-state index is -0.387. The van der Waals surface area contributed by atoms with Crippen molar-refractivity contribution in [3.05, 3.63) is 0 Å². The lowest BCUT2D eigenvalue weighted by atomic mass is 9.79. The monoisotopic (exact) mass is 228 g/mol. The molecule has 0 aromatic rings.